The van der Waals surface area contributed by atoms with Crippen LogP contribution in [0.4, 0.5) is 0 Å². The van der Waals surface area contributed by atoms with Gasteiger partial charge in [0.15, 0.2) is 0 Å². The van der Waals surface area contributed by atoms with Crippen LogP contribution in [-0.2, 0) is 9.53 Å². The van der Waals surface area contributed by atoms with Gasteiger partial charge in [0.25, 0.3) is 5.91 Å². The molecule has 0 aliphatic rings. The Morgan fingerprint density at radius 2 is 1.76 bits per heavy atom. The Bertz CT molecular complexity index is 517. The molecular weight excluding hydrogens is 266 g/mol. The van der Waals surface area contributed by atoms with Gasteiger partial charge in [-0.15, -0.1) is 6.58 Å². The number of carbonyl (C=O) groups excluding carboxylic acids is 2. The Balaban J connectivity index is 2.92. The van der Waals surface area contributed by atoms with Crippen molar-refractivity contribution in [1.29, 1.82) is 0 Å². The van der Waals surface area contributed by atoms with Crippen molar-refractivity contribution >= 4 is 11.9 Å². The Morgan fingerprint density at radius 3 is 2.24 bits per heavy atom. The van der Waals surface area contributed by atoms with Gasteiger partial charge in [-0.05, 0) is 46.2 Å². The van der Waals surface area contributed by atoms with Crippen molar-refractivity contribution in [3.05, 3.63) is 48.6 Å². The highest BCUT2D eigenvalue weighted by Gasteiger charge is 2.37. The van der Waals surface area contributed by atoms with Gasteiger partial charge < -0.3 is 10.1 Å². The molecule has 1 rings (SSSR count). The average Bonchev–Trinajstić information content (AvgIpc) is 2.38. The van der Waals surface area contributed by atoms with Gasteiger partial charge in [0.1, 0.15) is 11.1 Å². The van der Waals surface area contributed by atoms with Crippen molar-refractivity contribution in [1.82, 2.24) is 5.32 Å². The third-order valence-corrected chi connectivity index (χ3v) is 2.83. The minimum Gasteiger partial charge on any atom is -0.458 e. The van der Waals surface area contributed by atoms with Crippen LogP contribution in [-0.4, -0.2) is 23.0 Å². The second-order valence-electron chi connectivity index (χ2n) is 6.15. The van der Waals surface area contributed by atoms with Gasteiger partial charge in [-0.2, -0.15) is 0 Å². The zero-order valence-electron chi connectivity index (χ0n) is 13.1. The number of ether oxygens (including phenoxy) is 1. The van der Waals surface area contributed by atoms with Gasteiger partial charge >= 0.3 is 5.97 Å². The van der Waals surface area contributed by atoms with Crippen LogP contribution >= 0.6 is 0 Å². The van der Waals surface area contributed by atoms with E-state index in [-0.39, 0.29) is 5.91 Å². The molecule has 4 nitrogen and oxygen atoms in total. The fraction of sp³-hybridized carbons (Fsp3) is 0.412. The average molecular weight is 289 g/mol. The SMILES string of the molecule is C=CC[C@@](C)(NC(=O)c1ccccc1)C(=O)OC(C)(C)C. The Kier molecular flexibility index (Phi) is 5.30. The Hall–Kier alpha value is -2.10. The maximum Gasteiger partial charge on any atom is 0.332 e. The number of hydrogen-bond donors (Lipinski definition) is 1. The van der Waals surface area contributed by atoms with E-state index in [0.717, 1.165) is 0 Å². The fourth-order valence-corrected chi connectivity index (χ4v) is 1.78. The number of esters is 1. The molecule has 0 radical (unpaired) electrons. The number of carbonyl (C=O) groups is 2. The molecule has 0 unspecified atom stereocenters. The summed E-state index contributed by atoms with van der Waals surface area (Å²) >= 11 is 0. The maximum absolute atomic E-state index is 12.4. The zero-order chi connectivity index (χ0) is 16.1. The summed E-state index contributed by atoms with van der Waals surface area (Å²) in [7, 11) is 0. The molecular formula is C17H23NO3. The monoisotopic (exact) mass is 289 g/mol. The summed E-state index contributed by atoms with van der Waals surface area (Å²) < 4.78 is 5.39. The molecule has 1 atom stereocenters. The quantitative estimate of drug-likeness (QED) is 0.669. The van der Waals surface area contributed by atoms with Crippen molar-refractivity contribution in [3.63, 3.8) is 0 Å². The van der Waals surface area contributed by atoms with Crippen LogP contribution in [0.25, 0.3) is 0 Å². The van der Waals surface area contributed by atoms with Crippen LogP contribution in [0, 0.1) is 0 Å². The van der Waals surface area contributed by atoms with E-state index >= 15 is 0 Å². The van der Waals surface area contributed by atoms with E-state index in [1.54, 1.807) is 58.0 Å². The molecule has 114 valence electrons. The van der Waals surface area contributed by atoms with Gasteiger partial charge in [-0.1, -0.05) is 24.3 Å². The van der Waals surface area contributed by atoms with E-state index in [0.29, 0.717) is 12.0 Å². The van der Waals surface area contributed by atoms with Crippen LogP contribution in [0.5, 0.6) is 0 Å². The predicted octanol–water partition coefficient (Wildman–Crippen LogP) is 3.09. The smallest absolute Gasteiger partial charge is 0.332 e. The van der Waals surface area contributed by atoms with Crippen molar-refractivity contribution in [3.8, 4) is 0 Å². The summed E-state index contributed by atoms with van der Waals surface area (Å²) in [6.07, 6.45) is 1.88. The summed E-state index contributed by atoms with van der Waals surface area (Å²) in [5, 5.41) is 2.75. The first-order valence-electron chi connectivity index (χ1n) is 6.90. The molecule has 0 aliphatic heterocycles. The van der Waals surface area contributed by atoms with Gasteiger partial charge in [0.05, 0.1) is 0 Å². The number of rotatable bonds is 5. The largest absolute Gasteiger partial charge is 0.458 e. The van der Waals surface area contributed by atoms with Crippen molar-refractivity contribution in [2.45, 2.75) is 45.3 Å². The Labute approximate surface area is 126 Å². The zero-order valence-corrected chi connectivity index (χ0v) is 13.1. The van der Waals surface area contributed by atoms with Gasteiger partial charge in [-0.25, -0.2) is 4.79 Å². The van der Waals surface area contributed by atoms with E-state index in [2.05, 4.69) is 11.9 Å². The molecule has 0 spiro atoms. The number of benzene rings is 1. The van der Waals surface area contributed by atoms with Crippen LogP contribution < -0.4 is 5.32 Å². The van der Waals surface area contributed by atoms with Crippen LogP contribution in [0.3, 0.4) is 0 Å². The molecule has 1 N–H and O–H groups in total. The summed E-state index contributed by atoms with van der Waals surface area (Å²) in [5.74, 6) is -0.787. The molecule has 0 aliphatic carbocycles. The lowest BCUT2D eigenvalue weighted by molar-refractivity contribution is -0.162. The number of nitrogens with one attached hydrogen (secondary N) is 1. The van der Waals surface area contributed by atoms with Gasteiger partial charge in [-0.3, -0.25) is 4.79 Å². The first-order chi connectivity index (χ1) is 9.68. The third-order valence-electron chi connectivity index (χ3n) is 2.83. The second-order valence-corrected chi connectivity index (χ2v) is 6.15. The van der Waals surface area contributed by atoms with E-state index in [4.69, 9.17) is 4.74 Å². The lowest BCUT2D eigenvalue weighted by Gasteiger charge is -2.31. The lowest BCUT2D eigenvalue weighted by atomic mass is 9.96. The Morgan fingerprint density at radius 1 is 1.19 bits per heavy atom. The topological polar surface area (TPSA) is 55.4 Å². The molecule has 1 amide bonds. The molecule has 21 heavy (non-hydrogen) atoms. The minimum absolute atomic E-state index is 0.292. The molecule has 4 heteroatoms. The van der Waals surface area contributed by atoms with Crippen LogP contribution in [0.15, 0.2) is 43.0 Å². The van der Waals surface area contributed by atoms with Crippen LogP contribution in [0.1, 0.15) is 44.5 Å². The van der Waals surface area contributed by atoms with Crippen molar-refractivity contribution < 1.29 is 14.3 Å². The number of amides is 1. The highest BCUT2D eigenvalue weighted by Crippen LogP contribution is 2.19. The summed E-state index contributed by atoms with van der Waals surface area (Å²) in [5.41, 5.74) is -1.25. The molecule has 0 fully saturated rings. The van der Waals surface area contributed by atoms with E-state index < -0.39 is 17.1 Å². The first kappa shape index (κ1) is 17.0. The highest BCUT2D eigenvalue weighted by molar-refractivity contribution is 5.98. The second kappa shape index (κ2) is 6.57. The van der Waals surface area contributed by atoms with Gasteiger partial charge in [0.2, 0.25) is 0 Å². The van der Waals surface area contributed by atoms with E-state index in [9.17, 15) is 9.59 Å². The van der Waals surface area contributed by atoms with Gasteiger partial charge in [0, 0.05) is 5.56 Å². The minimum atomic E-state index is -1.14. The molecule has 0 saturated heterocycles. The predicted molar refractivity (Wildman–Crippen MR) is 83.0 cm³/mol. The fourth-order valence-electron chi connectivity index (χ4n) is 1.78. The molecule has 1 aromatic carbocycles. The normalized spacial score (nSPS) is 13.9. The maximum atomic E-state index is 12.4. The molecule has 0 saturated carbocycles. The van der Waals surface area contributed by atoms with Crippen LogP contribution in [0.2, 0.25) is 0 Å². The molecule has 1 aromatic rings. The summed E-state index contributed by atoms with van der Waals surface area (Å²) in [6, 6.07) is 8.76. The molecule has 0 heterocycles. The van der Waals surface area contributed by atoms with Crippen molar-refractivity contribution in [2.75, 3.05) is 0 Å². The molecule has 0 aromatic heterocycles. The summed E-state index contributed by atoms with van der Waals surface area (Å²) in [6.45, 7) is 10.7. The molecule has 0 bridgehead atoms. The van der Waals surface area contributed by atoms with E-state index in [1.165, 1.54) is 0 Å². The highest BCUT2D eigenvalue weighted by atomic mass is 16.6. The first-order valence-corrected chi connectivity index (χ1v) is 6.90. The van der Waals surface area contributed by atoms with E-state index in [1.807, 2.05) is 6.07 Å². The summed E-state index contributed by atoms with van der Waals surface area (Å²) in [4.78, 5) is 24.6. The standard InChI is InChI=1S/C17H23NO3/c1-6-12-17(5,15(20)21-16(2,3)4)18-14(19)13-10-8-7-9-11-13/h6-11H,1,12H2,2-5H3,(H,18,19)/t17-/m1/s1. The third kappa shape index (κ3) is 5.06. The number of hydrogen-bond acceptors (Lipinski definition) is 3. The lowest BCUT2D eigenvalue weighted by Crippen LogP contribution is -2.54. The van der Waals surface area contributed by atoms with Crippen molar-refractivity contribution in [2.24, 2.45) is 0 Å².